The van der Waals surface area contributed by atoms with Gasteiger partial charge in [-0.1, -0.05) is 13.8 Å². The van der Waals surface area contributed by atoms with Crippen molar-refractivity contribution in [1.82, 2.24) is 4.90 Å². The lowest BCUT2D eigenvalue weighted by Crippen LogP contribution is -2.54. The maximum atomic E-state index is 9.05. The van der Waals surface area contributed by atoms with Crippen molar-refractivity contribution in [3.05, 3.63) is 0 Å². The molecule has 0 aromatic rings. The lowest BCUT2D eigenvalue weighted by molar-refractivity contribution is 0.0501. The molecular weight excluding hydrogens is 176 g/mol. The first kappa shape index (κ1) is 13.9. The predicted molar refractivity (Wildman–Crippen MR) is 61.3 cm³/mol. The largest absolute Gasteiger partial charge is 0.395 e. The number of aliphatic hydroxyl groups excluding tert-OH is 1. The normalized spacial score (nSPS) is 12.9. The van der Waals surface area contributed by atoms with Gasteiger partial charge in [-0.15, -0.1) is 0 Å². The SMILES string of the molecule is CCC(CC)N(CCO)C(C)(C)CN. The molecule has 14 heavy (non-hydrogen) atoms. The van der Waals surface area contributed by atoms with E-state index < -0.39 is 0 Å². The third-order valence-corrected chi connectivity index (χ3v) is 3.00. The molecule has 0 amide bonds. The number of rotatable bonds is 7. The van der Waals surface area contributed by atoms with Gasteiger partial charge in [0.1, 0.15) is 0 Å². The van der Waals surface area contributed by atoms with Crippen LogP contribution in [-0.4, -0.2) is 41.3 Å². The third-order valence-electron chi connectivity index (χ3n) is 3.00. The van der Waals surface area contributed by atoms with Gasteiger partial charge in [-0.2, -0.15) is 0 Å². The fraction of sp³-hybridized carbons (Fsp3) is 1.00. The summed E-state index contributed by atoms with van der Waals surface area (Å²) in [5, 5.41) is 9.05. The second-order valence-corrected chi connectivity index (χ2v) is 4.40. The van der Waals surface area contributed by atoms with E-state index in [9.17, 15) is 0 Å². The fourth-order valence-electron chi connectivity index (χ4n) is 1.93. The molecule has 0 radical (unpaired) electrons. The highest BCUT2D eigenvalue weighted by Gasteiger charge is 2.29. The Kier molecular flexibility index (Phi) is 6.33. The van der Waals surface area contributed by atoms with Gasteiger partial charge < -0.3 is 10.8 Å². The third kappa shape index (κ3) is 3.56. The number of hydrogen-bond donors (Lipinski definition) is 2. The van der Waals surface area contributed by atoms with Crippen LogP contribution in [0.4, 0.5) is 0 Å². The van der Waals surface area contributed by atoms with E-state index in [2.05, 4.69) is 32.6 Å². The van der Waals surface area contributed by atoms with Crippen molar-refractivity contribution < 1.29 is 5.11 Å². The van der Waals surface area contributed by atoms with Crippen LogP contribution in [0, 0.1) is 0 Å². The lowest BCUT2D eigenvalue weighted by atomic mass is 9.98. The summed E-state index contributed by atoms with van der Waals surface area (Å²) in [5.41, 5.74) is 5.75. The van der Waals surface area contributed by atoms with Gasteiger partial charge in [0.25, 0.3) is 0 Å². The molecule has 3 heteroatoms. The number of nitrogens with zero attached hydrogens (tertiary/aromatic N) is 1. The molecule has 0 aliphatic carbocycles. The Morgan fingerprint density at radius 3 is 2.07 bits per heavy atom. The molecule has 0 aromatic heterocycles. The van der Waals surface area contributed by atoms with Crippen LogP contribution in [0.3, 0.4) is 0 Å². The van der Waals surface area contributed by atoms with Crippen molar-refractivity contribution in [2.75, 3.05) is 19.7 Å². The van der Waals surface area contributed by atoms with Crippen molar-refractivity contribution >= 4 is 0 Å². The van der Waals surface area contributed by atoms with Crippen molar-refractivity contribution in [3.63, 3.8) is 0 Å². The molecule has 0 aliphatic rings. The molecule has 0 saturated heterocycles. The van der Waals surface area contributed by atoms with E-state index in [1.54, 1.807) is 0 Å². The van der Waals surface area contributed by atoms with Gasteiger partial charge in [0.15, 0.2) is 0 Å². The van der Waals surface area contributed by atoms with E-state index >= 15 is 0 Å². The first-order valence-corrected chi connectivity index (χ1v) is 5.61. The Balaban J connectivity index is 4.55. The molecule has 0 rings (SSSR count). The zero-order valence-electron chi connectivity index (χ0n) is 10.1. The Hall–Kier alpha value is -0.120. The quantitative estimate of drug-likeness (QED) is 0.652. The molecule has 3 nitrogen and oxygen atoms in total. The van der Waals surface area contributed by atoms with Crippen molar-refractivity contribution in [2.24, 2.45) is 5.73 Å². The van der Waals surface area contributed by atoms with Crippen LogP contribution in [0.25, 0.3) is 0 Å². The molecule has 86 valence electrons. The smallest absolute Gasteiger partial charge is 0.0558 e. The van der Waals surface area contributed by atoms with E-state index in [0.717, 1.165) is 19.4 Å². The Labute approximate surface area is 88.3 Å². The topological polar surface area (TPSA) is 49.5 Å². The molecule has 0 aromatic carbocycles. The monoisotopic (exact) mass is 202 g/mol. The van der Waals surface area contributed by atoms with E-state index in [1.807, 2.05) is 0 Å². The standard InChI is InChI=1S/C11H26N2O/c1-5-10(6-2)13(7-8-14)11(3,4)9-12/h10,14H,5-9,12H2,1-4H3. The van der Waals surface area contributed by atoms with Crippen LogP contribution in [0.5, 0.6) is 0 Å². The van der Waals surface area contributed by atoms with Gasteiger partial charge in [-0.3, -0.25) is 4.90 Å². The van der Waals surface area contributed by atoms with Gasteiger partial charge in [-0.25, -0.2) is 0 Å². The van der Waals surface area contributed by atoms with Crippen LogP contribution >= 0.6 is 0 Å². The summed E-state index contributed by atoms with van der Waals surface area (Å²) in [5.74, 6) is 0. The summed E-state index contributed by atoms with van der Waals surface area (Å²) >= 11 is 0. The van der Waals surface area contributed by atoms with Crippen molar-refractivity contribution in [2.45, 2.75) is 52.1 Å². The highest BCUT2D eigenvalue weighted by Crippen LogP contribution is 2.19. The molecule has 0 heterocycles. The van der Waals surface area contributed by atoms with Crippen LogP contribution in [0.2, 0.25) is 0 Å². The van der Waals surface area contributed by atoms with Crippen LogP contribution in [-0.2, 0) is 0 Å². The summed E-state index contributed by atoms with van der Waals surface area (Å²) in [6.45, 7) is 10.2. The first-order valence-electron chi connectivity index (χ1n) is 5.61. The zero-order chi connectivity index (χ0) is 11.2. The van der Waals surface area contributed by atoms with Gasteiger partial charge >= 0.3 is 0 Å². The average Bonchev–Trinajstić information content (AvgIpc) is 2.18. The Bertz CT molecular complexity index is 144. The summed E-state index contributed by atoms with van der Waals surface area (Å²) in [6.07, 6.45) is 2.22. The number of hydrogen-bond acceptors (Lipinski definition) is 3. The second kappa shape index (κ2) is 6.38. The second-order valence-electron chi connectivity index (χ2n) is 4.40. The summed E-state index contributed by atoms with van der Waals surface area (Å²) in [7, 11) is 0. The molecule has 0 atom stereocenters. The predicted octanol–water partition coefficient (Wildman–Crippen LogP) is 1.21. The summed E-state index contributed by atoms with van der Waals surface area (Å²) < 4.78 is 0. The van der Waals surface area contributed by atoms with E-state index in [0.29, 0.717) is 12.6 Å². The zero-order valence-corrected chi connectivity index (χ0v) is 10.1. The highest BCUT2D eigenvalue weighted by atomic mass is 16.3. The van der Waals surface area contributed by atoms with Crippen molar-refractivity contribution in [1.29, 1.82) is 0 Å². The first-order chi connectivity index (χ1) is 6.53. The van der Waals surface area contributed by atoms with Crippen molar-refractivity contribution in [3.8, 4) is 0 Å². The molecule has 0 spiro atoms. The minimum Gasteiger partial charge on any atom is -0.395 e. The Morgan fingerprint density at radius 2 is 1.79 bits per heavy atom. The minimum absolute atomic E-state index is 0.0145. The van der Waals surface area contributed by atoms with Crippen LogP contribution in [0.1, 0.15) is 40.5 Å². The Morgan fingerprint density at radius 1 is 1.29 bits per heavy atom. The van der Waals surface area contributed by atoms with Gasteiger partial charge in [0, 0.05) is 24.7 Å². The molecule has 0 unspecified atom stereocenters. The molecule has 0 fully saturated rings. The fourth-order valence-corrected chi connectivity index (χ4v) is 1.93. The summed E-state index contributed by atoms with van der Waals surface area (Å²) in [4.78, 5) is 2.33. The summed E-state index contributed by atoms with van der Waals surface area (Å²) in [6, 6.07) is 0.528. The van der Waals surface area contributed by atoms with E-state index in [-0.39, 0.29) is 12.1 Å². The lowest BCUT2D eigenvalue weighted by Gasteiger charge is -2.42. The maximum absolute atomic E-state index is 9.05. The molecule has 0 aliphatic heterocycles. The minimum atomic E-state index is -0.0145. The molecule has 0 saturated carbocycles. The van der Waals surface area contributed by atoms with E-state index in [1.165, 1.54) is 0 Å². The maximum Gasteiger partial charge on any atom is 0.0558 e. The van der Waals surface area contributed by atoms with Gasteiger partial charge in [0.2, 0.25) is 0 Å². The molecule has 3 N–H and O–H groups in total. The van der Waals surface area contributed by atoms with E-state index in [4.69, 9.17) is 10.8 Å². The van der Waals surface area contributed by atoms with Gasteiger partial charge in [-0.05, 0) is 26.7 Å². The van der Waals surface area contributed by atoms with Gasteiger partial charge in [0.05, 0.1) is 6.61 Å². The molecular formula is C11H26N2O. The van der Waals surface area contributed by atoms with Crippen LogP contribution in [0.15, 0.2) is 0 Å². The highest BCUT2D eigenvalue weighted by molar-refractivity contribution is 4.86. The van der Waals surface area contributed by atoms with Crippen LogP contribution < -0.4 is 5.73 Å². The average molecular weight is 202 g/mol. The number of nitrogens with two attached hydrogens (primary N) is 1. The number of β-amino-alcohol motifs (C(OH)–C–C–N with tert-alkyl or cyclic N) is 1. The number of aliphatic hydroxyl groups is 1. The molecule has 0 bridgehead atoms.